The van der Waals surface area contributed by atoms with Gasteiger partial charge in [0.25, 0.3) is 0 Å². The molecule has 1 aromatic heterocycles. The highest BCUT2D eigenvalue weighted by Crippen LogP contribution is 2.15. The summed E-state index contributed by atoms with van der Waals surface area (Å²) in [6.07, 6.45) is 3.23. The molecule has 0 radical (unpaired) electrons. The molecular formula is C12H12N4O2. The third-order valence-corrected chi connectivity index (χ3v) is 2.47. The largest absolute Gasteiger partial charge is 0.478 e. The first-order valence-corrected chi connectivity index (χ1v) is 5.50. The minimum Gasteiger partial charge on any atom is -0.478 e. The van der Waals surface area contributed by atoms with Crippen LogP contribution < -0.4 is 0 Å². The monoisotopic (exact) mass is 244 g/mol. The quantitative estimate of drug-likeness (QED) is 0.820. The molecule has 1 N–H and O–H groups in total. The third kappa shape index (κ3) is 2.42. The number of aliphatic carboxylic acids is 1. The predicted octanol–water partition coefficient (Wildman–Crippen LogP) is 1.32. The number of carbonyl (C=O) groups is 1. The molecule has 0 unspecified atom stereocenters. The normalized spacial score (nSPS) is 10.9. The molecule has 0 aliphatic carbocycles. The van der Waals surface area contributed by atoms with Crippen LogP contribution >= 0.6 is 0 Å². The smallest absolute Gasteiger partial charge is 0.328 e. The number of aryl methyl sites for hydroxylation is 1. The molecule has 0 saturated carbocycles. The van der Waals surface area contributed by atoms with Crippen LogP contribution in [0.2, 0.25) is 0 Å². The van der Waals surface area contributed by atoms with E-state index < -0.39 is 5.97 Å². The van der Waals surface area contributed by atoms with Crippen LogP contribution in [0.15, 0.2) is 30.3 Å². The van der Waals surface area contributed by atoms with Gasteiger partial charge in [-0.3, -0.25) is 0 Å². The number of para-hydroxylation sites is 1. The Kier molecular flexibility index (Phi) is 3.47. The van der Waals surface area contributed by atoms with Crippen molar-refractivity contribution in [3.8, 4) is 5.69 Å². The van der Waals surface area contributed by atoms with Crippen LogP contribution in [0.1, 0.15) is 18.3 Å². The summed E-state index contributed by atoms with van der Waals surface area (Å²) in [4.78, 5) is 10.5. The molecule has 0 aliphatic heterocycles. The highest BCUT2D eigenvalue weighted by atomic mass is 16.4. The van der Waals surface area contributed by atoms with Gasteiger partial charge in [-0.25, -0.2) is 4.79 Å². The zero-order valence-corrected chi connectivity index (χ0v) is 9.82. The van der Waals surface area contributed by atoms with Crippen molar-refractivity contribution in [2.45, 2.75) is 13.3 Å². The number of rotatable bonds is 4. The maximum Gasteiger partial charge on any atom is 0.328 e. The van der Waals surface area contributed by atoms with Crippen molar-refractivity contribution in [2.75, 3.05) is 0 Å². The number of tetrazole rings is 1. The second-order valence-corrected chi connectivity index (χ2v) is 3.60. The van der Waals surface area contributed by atoms with Crippen LogP contribution in [-0.4, -0.2) is 31.3 Å². The zero-order chi connectivity index (χ0) is 13.0. The number of benzene rings is 1. The molecule has 1 heterocycles. The molecule has 0 fully saturated rings. The number of carboxylic acid groups (broad SMARTS) is 1. The van der Waals surface area contributed by atoms with Gasteiger partial charge in [-0.05, 0) is 34.6 Å². The van der Waals surface area contributed by atoms with E-state index in [0.29, 0.717) is 5.82 Å². The minimum atomic E-state index is -1.03. The number of nitrogens with zero attached hydrogens (tertiary/aromatic N) is 4. The molecule has 0 spiro atoms. The van der Waals surface area contributed by atoms with Gasteiger partial charge in [0.15, 0.2) is 5.82 Å². The molecule has 0 bridgehead atoms. The molecule has 0 saturated heterocycles. The van der Waals surface area contributed by atoms with Crippen LogP contribution in [0.3, 0.4) is 0 Å². The zero-order valence-electron chi connectivity index (χ0n) is 9.82. The topological polar surface area (TPSA) is 80.9 Å². The summed E-state index contributed by atoms with van der Waals surface area (Å²) in [5, 5.41) is 19.9. The number of hydrogen-bond acceptors (Lipinski definition) is 4. The molecule has 2 rings (SSSR count). The van der Waals surface area contributed by atoms with E-state index in [4.69, 9.17) is 5.11 Å². The van der Waals surface area contributed by atoms with Crippen molar-refractivity contribution in [2.24, 2.45) is 0 Å². The van der Waals surface area contributed by atoms with E-state index in [-0.39, 0.29) is 0 Å². The predicted molar refractivity (Wildman–Crippen MR) is 65.2 cm³/mol. The van der Waals surface area contributed by atoms with Gasteiger partial charge in [0, 0.05) is 6.08 Å². The molecule has 0 amide bonds. The van der Waals surface area contributed by atoms with Crippen molar-refractivity contribution >= 4 is 12.0 Å². The van der Waals surface area contributed by atoms with Gasteiger partial charge in [0.05, 0.1) is 5.69 Å². The van der Waals surface area contributed by atoms with Crippen molar-refractivity contribution < 1.29 is 9.90 Å². The first-order chi connectivity index (χ1) is 8.72. The Labute approximate surface area is 104 Å². The van der Waals surface area contributed by atoms with Crippen molar-refractivity contribution in [3.05, 3.63) is 41.7 Å². The van der Waals surface area contributed by atoms with E-state index in [1.807, 2.05) is 31.2 Å². The average molecular weight is 244 g/mol. The van der Waals surface area contributed by atoms with Crippen LogP contribution in [0, 0.1) is 0 Å². The molecule has 92 valence electrons. The SMILES string of the molecule is CCc1ccccc1-n1nnnc1/C=C/C(=O)O. The average Bonchev–Trinajstić information content (AvgIpc) is 2.84. The Morgan fingerprint density at radius 2 is 2.22 bits per heavy atom. The Bertz CT molecular complexity index is 589. The van der Waals surface area contributed by atoms with E-state index in [1.54, 1.807) is 0 Å². The van der Waals surface area contributed by atoms with Gasteiger partial charge in [0.1, 0.15) is 0 Å². The van der Waals surface area contributed by atoms with Gasteiger partial charge in [-0.15, -0.1) is 5.10 Å². The Morgan fingerprint density at radius 1 is 1.44 bits per heavy atom. The van der Waals surface area contributed by atoms with E-state index in [2.05, 4.69) is 15.5 Å². The summed E-state index contributed by atoms with van der Waals surface area (Å²) in [7, 11) is 0. The van der Waals surface area contributed by atoms with Crippen LogP contribution in [0.25, 0.3) is 11.8 Å². The lowest BCUT2D eigenvalue weighted by Gasteiger charge is -2.07. The van der Waals surface area contributed by atoms with E-state index in [9.17, 15) is 4.79 Å². The molecule has 0 atom stereocenters. The first-order valence-electron chi connectivity index (χ1n) is 5.50. The van der Waals surface area contributed by atoms with Crippen molar-refractivity contribution in [1.29, 1.82) is 0 Å². The molecule has 1 aromatic carbocycles. The van der Waals surface area contributed by atoms with Gasteiger partial charge >= 0.3 is 5.97 Å². The lowest BCUT2D eigenvalue weighted by molar-refractivity contribution is -0.131. The fourth-order valence-electron chi connectivity index (χ4n) is 1.63. The summed E-state index contributed by atoms with van der Waals surface area (Å²) < 4.78 is 1.53. The summed E-state index contributed by atoms with van der Waals surface area (Å²) in [6, 6.07) is 7.72. The Hall–Kier alpha value is -2.50. The summed E-state index contributed by atoms with van der Waals surface area (Å²) in [6.45, 7) is 2.04. The summed E-state index contributed by atoms with van der Waals surface area (Å²) >= 11 is 0. The first kappa shape index (κ1) is 12.0. The van der Waals surface area contributed by atoms with E-state index in [1.165, 1.54) is 10.8 Å². The van der Waals surface area contributed by atoms with Crippen LogP contribution in [0.4, 0.5) is 0 Å². The van der Waals surface area contributed by atoms with E-state index >= 15 is 0 Å². The second kappa shape index (κ2) is 5.22. The molecule has 6 nitrogen and oxygen atoms in total. The fourth-order valence-corrected chi connectivity index (χ4v) is 1.63. The molecule has 6 heteroatoms. The number of hydrogen-bond donors (Lipinski definition) is 1. The molecule has 18 heavy (non-hydrogen) atoms. The van der Waals surface area contributed by atoms with E-state index in [0.717, 1.165) is 23.7 Å². The van der Waals surface area contributed by atoms with Crippen molar-refractivity contribution in [3.63, 3.8) is 0 Å². The molecule has 2 aromatic rings. The number of carboxylic acids is 1. The minimum absolute atomic E-state index is 0.387. The number of aromatic nitrogens is 4. The third-order valence-electron chi connectivity index (χ3n) is 2.47. The highest BCUT2D eigenvalue weighted by molar-refractivity contribution is 5.84. The van der Waals surface area contributed by atoms with Gasteiger partial charge < -0.3 is 5.11 Å². The van der Waals surface area contributed by atoms with Crippen molar-refractivity contribution in [1.82, 2.24) is 20.2 Å². The summed E-state index contributed by atoms with van der Waals surface area (Å²) in [5.41, 5.74) is 1.95. The fraction of sp³-hybridized carbons (Fsp3) is 0.167. The molecular weight excluding hydrogens is 232 g/mol. The Balaban J connectivity index is 2.45. The van der Waals surface area contributed by atoms with Gasteiger partial charge in [-0.2, -0.15) is 4.68 Å². The second-order valence-electron chi connectivity index (χ2n) is 3.60. The van der Waals surface area contributed by atoms with Gasteiger partial charge in [0.2, 0.25) is 0 Å². The van der Waals surface area contributed by atoms with Crippen LogP contribution in [-0.2, 0) is 11.2 Å². The Morgan fingerprint density at radius 3 is 2.94 bits per heavy atom. The summed E-state index contributed by atoms with van der Waals surface area (Å²) in [5.74, 6) is -0.647. The maximum absolute atomic E-state index is 10.5. The lowest BCUT2D eigenvalue weighted by Crippen LogP contribution is -2.03. The van der Waals surface area contributed by atoms with Crippen LogP contribution in [0.5, 0.6) is 0 Å². The standard InChI is InChI=1S/C12H12N4O2/c1-2-9-5-3-4-6-10(9)16-11(13-14-15-16)7-8-12(17)18/h3-8H,2H2,1H3,(H,17,18)/b8-7+. The maximum atomic E-state index is 10.5. The van der Waals surface area contributed by atoms with Gasteiger partial charge in [-0.1, -0.05) is 25.1 Å². The highest BCUT2D eigenvalue weighted by Gasteiger charge is 2.08. The molecule has 0 aliphatic rings. The lowest BCUT2D eigenvalue weighted by atomic mass is 10.1.